The summed E-state index contributed by atoms with van der Waals surface area (Å²) in [6.07, 6.45) is 0. The molecule has 0 aromatic rings. The van der Waals surface area contributed by atoms with Crippen molar-refractivity contribution in [2.45, 2.75) is 21.2 Å². The molecule has 19 heavy (non-hydrogen) atoms. The zero-order valence-corrected chi connectivity index (χ0v) is 13.4. The maximum absolute atomic E-state index is 11.6. The highest BCUT2D eigenvalue weighted by Gasteiger charge is 2.54. The molecule has 0 heterocycles. The maximum Gasteiger partial charge on any atom is 0.308 e. The fraction of sp³-hybridized carbons (Fsp3) is 1.00. The molecule has 11 nitrogen and oxygen atoms in total. The van der Waals surface area contributed by atoms with Crippen LogP contribution in [-0.4, -0.2) is 62.1 Å². The van der Waals surface area contributed by atoms with E-state index in [1.54, 1.807) is 0 Å². The summed E-state index contributed by atoms with van der Waals surface area (Å²) in [6.45, 7) is -4.86. The van der Waals surface area contributed by atoms with Gasteiger partial charge in [0.2, 0.25) is 0 Å². The molecule has 0 aliphatic rings. The summed E-state index contributed by atoms with van der Waals surface area (Å²) in [6, 6.07) is 0. The van der Waals surface area contributed by atoms with Crippen molar-refractivity contribution in [3.63, 3.8) is 0 Å². The lowest BCUT2D eigenvalue weighted by Crippen LogP contribution is -2.63. The van der Waals surface area contributed by atoms with Gasteiger partial charge in [0.1, 0.15) is 0 Å². The van der Waals surface area contributed by atoms with Crippen LogP contribution < -0.4 is 10.2 Å². The molecule has 0 fully saturated rings. The number of hydrogen-bond donors (Lipinski definition) is 10. The Morgan fingerprint density at radius 2 is 1.00 bits per heavy atom. The molecule has 15 heteroatoms. The third kappa shape index (κ3) is 5.76. The van der Waals surface area contributed by atoms with Crippen molar-refractivity contribution in [1.82, 2.24) is 10.2 Å². The van der Waals surface area contributed by atoms with E-state index in [1.165, 1.54) is 0 Å². The van der Waals surface area contributed by atoms with E-state index in [4.69, 9.17) is 52.1 Å². The fourth-order valence-electron chi connectivity index (χ4n) is 0.571. The van der Waals surface area contributed by atoms with Gasteiger partial charge in [-0.05, 0) is 43.1 Å². The minimum Gasteiger partial charge on any atom is -0.352 e. The normalized spacial score (nSPS) is 15.7. The standard InChI is InChI=1S/C4H10Br2ClN2O9P/c5-1(10,11)3(14,15)8-19(7,18)9-4(16,17)2(6,12)13/h10-17H,(H2,8,9,18). The molecule has 10 N–H and O–H groups in total. The molecule has 0 radical (unpaired) electrons. The van der Waals surface area contributed by atoms with Gasteiger partial charge in [-0.3, -0.25) is 4.57 Å². The topological polar surface area (TPSA) is 203 Å². The van der Waals surface area contributed by atoms with Crippen LogP contribution in [0.25, 0.3) is 0 Å². The summed E-state index contributed by atoms with van der Waals surface area (Å²) in [7, 11) is 0. The Morgan fingerprint density at radius 1 is 0.789 bits per heavy atom. The smallest absolute Gasteiger partial charge is 0.308 e. The lowest BCUT2D eigenvalue weighted by Gasteiger charge is -2.36. The molecular formula is C4H10Br2ClN2O9P. The molecule has 116 valence electrons. The predicted octanol–water partition coefficient (Wildman–Crippen LogP) is -3.14. The number of rotatable bonds is 6. The summed E-state index contributed by atoms with van der Waals surface area (Å²) in [5.41, 5.74) is 0. The first-order valence-corrected chi connectivity index (χ1v) is 8.16. The Kier molecular flexibility index (Phi) is 6.02. The van der Waals surface area contributed by atoms with Crippen LogP contribution in [0.5, 0.6) is 0 Å². The first-order chi connectivity index (χ1) is 7.91. The van der Waals surface area contributed by atoms with E-state index < -0.39 is 28.0 Å². The first-order valence-electron chi connectivity index (χ1n) is 3.97. The van der Waals surface area contributed by atoms with Crippen molar-refractivity contribution in [2.75, 3.05) is 0 Å². The number of nitrogens with one attached hydrogen (secondary N) is 2. The van der Waals surface area contributed by atoms with Crippen molar-refractivity contribution in [1.29, 1.82) is 0 Å². The van der Waals surface area contributed by atoms with Gasteiger partial charge < -0.3 is 40.9 Å². The molecule has 0 saturated heterocycles. The van der Waals surface area contributed by atoms with Crippen LogP contribution in [0.15, 0.2) is 0 Å². The number of halogens is 3. The summed E-state index contributed by atoms with van der Waals surface area (Å²) in [4.78, 5) is 0. The molecule has 0 aliphatic carbocycles. The highest BCUT2D eigenvalue weighted by Crippen LogP contribution is 2.48. The maximum atomic E-state index is 11.6. The van der Waals surface area contributed by atoms with Crippen LogP contribution in [0.1, 0.15) is 0 Å². The minimum atomic E-state index is -4.86. The molecule has 0 aromatic carbocycles. The fourth-order valence-corrected chi connectivity index (χ4v) is 2.95. The van der Waals surface area contributed by atoms with E-state index in [-0.39, 0.29) is 0 Å². The third-order valence-electron chi connectivity index (χ3n) is 1.49. The zero-order valence-electron chi connectivity index (χ0n) is 8.57. The van der Waals surface area contributed by atoms with Gasteiger partial charge in [-0.15, -0.1) is 0 Å². The van der Waals surface area contributed by atoms with Crippen molar-refractivity contribution in [2.24, 2.45) is 0 Å². The van der Waals surface area contributed by atoms with Crippen LogP contribution in [-0.2, 0) is 4.57 Å². The molecule has 0 unspecified atom stereocenters. The van der Waals surface area contributed by atoms with Crippen LogP contribution in [0, 0.1) is 0 Å². The van der Waals surface area contributed by atoms with Crippen molar-refractivity contribution < 1.29 is 45.4 Å². The van der Waals surface area contributed by atoms with Crippen LogP contribution in [0.3, 0.4) is 0 Å². The molecule has 0 aliphatic heterocycles. The van der Waals surface area contributed by atoms with E-state index in [0.717, 1.165) is 10.2 Å². The molecule has 0 bridgehead atoms. The Morgan fingerprint density at radius 3 is 1.16 bits per heavy atom. The molecule has 0 spiro atoms. The minimum absolute atomic E-state index is 1.11. The summed E-state index contributed by atoms with van der Waals surface area (Å²) < 4.78 is 4.70. The van der Waals surface area contributed by atoms with E-state index in [9.17, 15) is 4.57 Å². The van der Waals surface area contributed by atoms with Gasteiger partial charge in [-0.1, -0.05) is 0 Å². The van der Waals surface area contributed by atoms with Crippen molar-refractivity contribution in [3.05, 3.63) is 0 Å². The van der Waals surface area contributed by atoms with Gasteiger partial charge in [0.05, 0.1) is 0 Å². The van der Waals surface area contributed by atoms with E-state index in [1.807, 2.05) is 31.9 Å². The average molecular weight is 456 g/mol. The van der Waals surface area contributed by atoms with Gasteiger partial charge in [0.25, 0.3) is 21.2 Å². The second-order valence-electron chi connectivity index (χ2n) is 3.27. The summed E-state index contributed by atoms with van der Waals surface area (Å²) in [5, 5.41) is 73.9. The number of hydrogen-bond acceptors (Lipinski definition) is 9. The van der Waals surface area contributed by atoms with Gasteiger partial charge in [0.15, 0.2) is 0 Å². The molecule has 0 rings (SSSR count). The number of aliphatic hydroxyl groups is 8. The molecular weight excluding hydrogens is 446 g/mol. The second kappa shape index (κ2) is 5.70. The van der Waals surface area contributed by atoms with Gasteiger partial charge >= 0.3 is 6.80 Å². The van der Waals surface area contributed by atoms with Gasteiger partial charge in [-0.25, -0.2) is 0 Å². The second-order valence-corrected chi connectivity index (χ2v) is 8.43. The SMILES string of the molecule is O=P(Cl)(NC(O)(O)C(O)(O)Br)NC(O)(O)C(O)(O)Br. The summed E-state index contributed by atoms with van der Waals surface area (Å²) in [5.74, 6) is -7.43. The molecule has 0 saturated carbocycles. The Hall–Kier alpha value is 1.08. The molecule has 0 atom stereocenters. The van der Waals surface area contributed by atoms with Gasteiger partial charge in [-0.2, -0.15) is 10.2 Å². The summed E-state index contributed by atoms with van der Waals surface area (Å²) >= 11 is 9.08. The average Bonchev–Trinajstić information content (AvgIpc) is 1.93. The quantitative estimate of drug-likeness (QED) is 0.110. The van der Waals surface area contributed by atoms with Crippen LogP contribution in [0.4, 0.5) is 0 Å². The van der Waals surface area contributed by atoms with E-state index in [2.05, 4.69) is 0 Å². The number of alkyl halides is 2. The zero-order chi connectivity index (χ0) is 15.9. The lowest BCUT2D eigenvalue weighted by atomic mass is 10.5. The van der Waals surface area contributed by atoms with Crippen molar-refractivity contribution in [3.8, 4) is 0 Å². The molecule has 0 amide bonds. The molecule has 0 aromatic heterocycles. The predicted molar refractivity (Wildman–Crippen MR) is 66.3 cm³/mol. The van der Waals surface area contributed by atoms with Crippen LogP contribution >= 0.6 is 49.9 Å². The monoisotopic (exact) mass is 454 g/mol. The highest BCUT2D eigenvalue weighted by molar-refractivity contribution is 9.10. The Bertz CT molecular complexity index is 347. The van der Waals surface area contributed by atoms with Crippen molar-refractivity contribution >= 4 is 49.9 Å². The van der Waals surface area contributed by atoms with Gasteiger partial charge in [0, 0.05) is 0 Å². The van der Waals surface area contributed by atoms with Crippen LogP contribution in [0.2, 0.25) is 0 Å². The third-order valence-corrected chi connectivity index (χ3v) is 4.30. The van der Waals surface area contributed by atoms with E-state index in [0.29, 0.717) is 0 Å². The Labute approximate surface area is 127 Å². The largest absolute Gasteiger partial charge is 0.352 e. The first kappa shape index (κ1) is 20.1. The van der Waals surface area contributed by atoms with E-state index >= 15 is 0 Å². The Balaban J connectivity index is 5.10. The lowest BCUT2D eigenvalue weighted by molar-refractivity contribution is -0.317. The highest BCUT2D eigenvalue weighted by atomic mass is 79.9.